The Balaban J connectivity index is 2.17. The van der Waals surface area contributed by atoms with E-state index in [1.54, 1.807) is 12.1 Å². The first-order valence-corrected chi connectivity index (χ1v) is 8.04. The number of carboxylic acid groups (broad SMARTS) is 1. The molecule has 1 N–H and O–H groups in total. The van der Waals surface area contributed by atoms with Crippen LogP contribution in [0.4, 0.5) is 0 Å². The van der Waals surface area contributed by atoms with E-state index in [-0.39, 0.29) is 0 Å². The predicted octanol–water partition coefficient (Wildman–Crippen LogP) is 3.71. The van der Waals surface area contributed by atoms with Crippen molar-refractivity contribution in [1.82, 2.24) is 0 Å². The number of carbonyl (C=O) groups is 1. The molecule has 128 valence electrons. The van der Waals surface area contributed by atoms with Gasteiger partial charge in [-0.2, -0.15) is 5.26 Å². The van der Waals surface area contributed by atoms with Crippen LogP contribution in [-0.4, -0.2) is 23.3 Å². The van der Waals surface area contributed by atoms with Crippen LogP contribution >= 0.6 is 0 Å². The molecule has 5 heteroatoms. The number of nitriles is 1. The lowest BCUT2D eigenvalue weighted by molar-refractivity contribution is -0.152. The Morgan fingerprint density at radius 1 is 1.28 bits per heavy atom. The molecule has 0 aliphatic carbocycles. The van der Waals surface area contributed by atoms with Crippen molar-refractivity contribution in [1.29, 1.82) is 5.26 Å². The molecule has 0 aromatic heterocycles. The molecule has 0 saturated heterocycles. The summed E-state index contributed by atoms with van der Waals surface area (Å²) in [6.07, 6.45) is 0.794. The number of fused-ring (bicyclic) bond motifs is 1. The molecule has 0 saturated carbocycles. The van der Waals surface area contributed by atoms with Gasteiger partial charge in [-0.3, -0.25) is 0 Å². The molecule has 25 heavy (non-hydrogen) atoms. The van der Waals surface area contributed by atoms with Gasteiger partial charge in [0.25, 0.3) is 0 Å². The number of aryl methyl sites for hydroxylation is 1. The normalized spacial score (nSPS) is 12.9. The monoisotopic (exact) mass is 337 g/mol. The summed E-state index contributed by atoms with van der Waals surface area (Å²) in [5, 5.41) is 18.6. The van der Waals surface area contributed by atoms with Crippen LogP contribution in [0.5, 0.6) is 11.5 Å². The van der Waals surface area contributed by atoms with E-state index in [1.165, 1.54) is 13.8 Å². The summed E-state index contributed by atoms with van der Waals surface area (Å²) in [7, 11) is 0. The van der Waals surface area contributed by atoms with Gasteiger partial charge in [0.1, 0.15) is 11.5 Å². The highest BCUT2D eigenvalue weighted by molar-refractivity contribution is 5.79. The van der Waals surface area contributed by atoms with Crippen LogP contribution in [0.1, 0.15) is 30.5 Å². The number of carboxylic acids is 1. The largest absolute Gasteiger partial charge is 0.493 e. The average Bonchev–Trinajstić information content (AvgIpc) is 3.00. The van der Waals surface area contributed by atoms with Gasteiger partial charge in [0, 0.05) is 18.1 Å². The van der Waals surface area contributed by atoms with Crippen molar-refractivity contribution in [3.63, 3.8) is 0 Å². The highest BCUT2D eigenvalue weighted by Gasteiger charge is 2.31. The highest BCUT2D eigenvalue weighted by atomic mass is 16.5. The SMILES string of the molecule is Cc1cc(C#N)cc(-c2cc3c(cc2OC(C)(C)C(=O)O)OCC3)c1. The number of hydrogen-bond donors (Lipinski definition) is 1. The fourth-order valence-electron chi connectivity index (χ4n) is 2.84. The lowest BCUT2D eigenvalue weighted by Crippen LogP contribution is -2.38. The van der Waals surface area contributed by atoms with Gasteiger partial charge in [0.05, 0.1) is 18.2 Å². The van der Waals surface area contributed by atoms with Crippen LogP contribution in [0.2, 0.25) is 0 Å². The summed E-state index contributed by atoms with van der Waals surface area (Å²) >= 11 is 0. The third-order valence-corrected chi connectivity index (χ3v) is 4.19. The first-order valence-electron chi connectivity index (χ1n) is 8.04. The number of aliphatic carboxylic acids is 1. The molecule has 0 fully saturated rings. The average molecular weight is 337 g/mol. The van der Waals surface area contributed by atoms with Crippen molar-refractivity contribution in [2.75, 3.05) is 6.61 Å². The lowest BCUT2D eigenvalue weighted by atomic mass is 9.97. The molecule has 0 radical (unpaired) electrons. The van der Waals surface area contributed by atoms with Crippen LogP contribution in [0.3, 0.4) is 0 Å². The van der Waals surface area contributed by atoms with Gasteiger partial charge in [-0.15, -0.1) is 0 Å². The van der Waals surface area contributed by atoms with E-state index in [9.17, 15) is 15.2 Å². The summed E-state index contributed by atoms with van der Waals surface area (Å²) in [6.45, 7) is 5.52. The Labute approximate surface area is 146 Å². The fraction of sp³-hybridized carbons (Fsp3) is 0.300. The molecule has 3 rings (SSSR count). The number of benzene rings is 2. The van der Waals surface area contributed by atoms with Gasteiger partial charge in [0.15, 0.2) is 5.60 Å². The number of hydrogen-bond acceptors (Lipinski definition) is 4. The van der Waals surface area contributed by atoms with Gasteiger partial charge in [0.2, 0.25) is 0 Å². The third-order valence-electron chi connectivity index (χ3n) is 4.19. The van der Waals surface area contributed by atoms with Gasteiger partial charge in [-0.05, 0) is 55.7 Å². The molecular formula is C20H19NO4. The van der Waals surface area contributed by atoms with Crippen molar-refractivity contribution in [3.8, 4) is 28.7 Å². The summed E-state index contributed by atoms with van der Waals surface area (Å²) < 4.78 is 11.4. The minimum absolute atomic E-state index is 0.433. The summed E-state index contributed by atoms with van der Waals surface area (Å²) in [6, 6.07) is 11.4. The second kappa shape index (κ2) is 6.14. The third kappa shape index (κ3) is 3.29. The number of ether oxygens (including phenoxy) is 2. The minimum atomic E-state index is -1.39. The van der Waals surface area contributed by atoms with Gasteiger partial charge in [-0.1, -0.05) is 6.07 Å². The van der Waals surface area contributed by atoms with Gasteiger partial charge >= 0.3 is 5.97 Å². The molecule has 0 bridgehead atoms. The Hall–Kier alpha value is -3.00. The zero-order chi connectivity index (χ0) is 18.2. The molecule has 0 spiro atoms. The quantitative estimate of drug-likeness (QED) is 0.920. The Morgan fingerprint density at radius 3 is 2.72 bits per heavy atom. The van der Waals surface area contributed by atoms with Crippen molar-refractivity contribution in [2.45, 2.75) is 32.8 Å². The number of nitrogens with zero attached hydrogens (tertiary/aromatic N) is 1. The van der Waals surface area contributed by atoms with E-state index >= 15 is 0 Å². The summed E-state index contributed by atoms with van der Waals surface area (Å²) in [4.78, 5) is 11.5. The Kier molecular flexibility index (Phi) is 4.13. The maximum absolute atomic E-state index is 11.5. The second-order valence-electron chi connectivity index (χ2n) is 6.67. The van der Waals surface area contributed by atoms with Crippen molar-refractivity contribution < 1.29 is 19.4 Å². The summed E-state index contributed by atoms with van der Waals surface area (Å²) in [5.74, 6) is 0.0949. The first-order chi connectivity index (χ1) is 11.8. The standard InChI is InChI=1S/C20H19NO4/c1-12-6-13(11-21)8-15(7-12)16-9-14-4-5-24-17(14)10-18(16)25-20(2,3)19(22)23/h6-10H,4-5H2,1-3H3,(H,22,23). The molecule has 0 unspecified atom stereocenters. The van der Waals surface area contributed by atoms with E-state index in [0.29, 0.717) is 23.7 Å². The molecular weight excluding hydrogens is 318 g/mol. The van der Waals surface area contributed by atoms with Crippen LogP contribution in [0, 0.1) is 18.3 Å². The van der Waals surface area contributed by atoms with E-state index in [2.05, 4.69) is 6.07 Å². The molecule has 0 atom stereocenters. The van der Waals surface area contributed by atoms with Gasteiger partial charge < -0.3 is 14.6 Å². The minimum Gasteiger partial charge on any atom is -0.493 e. The van der Waals surface area contributed by atoms with E-state index in [0.717, 1.165) is 28.7 Å². The fourth-order valence-corrected chi connectivity index (χ4v) is 2.84. The Bertz CT molecular complexity index is 893. The van der Waals surface area contributed by atoms with E-state index in [1.807, 2.05) is 25.1 Å². The topological polar surface area (TPSA) is 79.5 Å². The van der Waals surface area contributed by atoms with Crippen molar-refractivity contribution in [2.24, 2.45) is 0 Å². The molecule has 5 nitrogen and oxygen atoms in total. The zero-order valence-corrected chi connectivity index (χ0v) is 14.4. The zero-order valence-electron chi connectivity index (χ0n) is 14.4. The molecule has 1 heterocycles. The van der Waals surface area contributed by atoms with E-state index < -0.39 is 11.6 Å². The van der Waals surface area contributed by atoms with Crippen LogP contribution < -0.4 is 9.47 Å². The number of rotatable bonds is 4. The molecule has 0 amide bonds. The molecule has 2 aromatic carbocycles. The van der Waals surface area contributed by atoms with E-state index in [4.69, 9.17) is 9.47 Å². The van der Waals surface area contributed by atoms with Crippen molar-refractivity contribution in [3.05, 3.63) is 47.0 Å². The Morgan fingerprint density at radius 2 is 2.04 bits per heavy atom. The van der Waals surface area contributed by atoms with Crippen molar-refractivity contribution >= 4 is 5.97 Å². The maximum atomic E-state index is 11.5. The lowest BCUT2D eigenvalue weighted by Gasteiger charge is -2.24. The maximum Gasteiger partial charge on any atom is 0.347 e. The summed E-state index contributed by atoms with van der Waals surface area (Å²) in [5.41, 5.74) is 2.75. The van der Waals surface area contributed by atoms with Crippen LogP contribution in [0.15, 0.2) is 30.3 Å². The predicted molar refractivity (Wildman–Crippen MR) is 92.9 cm³/mol. The molecule has 1 aliphatic heterocycles. The highest BCUT2D eigenvalue weighted by Crippen LogP contribution is 2.40. The molecule has 1 aliphatic rings. The van der Waals surface area contributed by atoms with Gasteiger partial charge in [-0.25, -0.2) is 4.79 Å². The van der Waals surface area contributed by atoms with Crippen LogP contribution in [-0.2, 0) is 11.2 Å². The first kappa shape index (κ1) is 16.8. The van der Waals surface area contributed by atoms with Crippen LogP contribution in [0.25, 0.3) is 11.1 Å². The smallest absolute Gasteiger partial charge is 0.347 e. The molecule has 2 aromatic rings. The second-order valence-corrected chi connectivity index (χ2v) is 6.67.